The Balaban J connectivity index is 0.000000948. The van der Waals surface area contributed by atoms with Crippen LogP contribution in [0.2, 0.25) is 0 Å². The van der Waals surface area contributed by atoms with Crippen molar-refractivity contribution in [3.63, 3.8) is 0 Å². The van der Waals surface area contributed by atoms with E-state index in [9.17, 15) is 0 Å². The predicted molar refractivity (Wildman–Crippen MR) is 126 cm³/mol. The molecule has 0 aliphatic carbocycles. The van der Waals surface area contributed by atoms with Gasteiger partial charge in [-0.2, -0.15) is 0 Å². The van der Waals surface area contributed by atoms with Crippen LogP contribution < -0.4 is 15.9 Å². The molecule has 26 heavy (non-hydrogen) atoms. The average Bonchev–Trinajstić information content (AvgIpc) is 2.79. The molecule has 0 atom stereocenters. The maximum Gasteiger partial charge on any atom is -0.0166 e. The minimum Gasteiger partial charge on any atom is -0.0887 e. The van der Waals surface area contributed by atoms with Crippen LogP contribution in [-0.2, 0) is 0 Å². The molecular weight excluding hydrogens is 331 g/mol. The zero-order chi connectivity index (χ0) is 19.8. The van der Waals surface area contributed by atoms with Gasteiger partial charge in [0.05, 0.1) is 0 Å². The van der Waals surface area contributed by atoms with Crippen LogP contribution in [0.25, 0.3) is 0 Å². The lowest BCUT2D eigenvalue weighted by molar-refractivity contribution is 1.50. The van der Waals surface area contributed by atoms with E-state index >= 15 is 0 Å². The molecule has 3 aromatic rings. The van der Waals surface area contributed by atoms with Crippen molar-refractivity contribution < 1.29 is 0 Å². The van der Waals surface area contributed by atoms with Crippen molar-refractivity contribution >= 4 is 29.1 Å². The van der Waals surface area contributed by atoms with Gasteiger partial charge in [0.2, 0.25) is 0 Å². The second-order valence-corrected chi connectivity index (χ2v) is 7.99. The van der Waals surface area contributed by atoms with Crippen molar-refractivity contribution in [2.45, 2.75) is 41.5 Å². The molecule has 0 aliphatic heterocycles. The standard InChI is InChI=1S/C19H17P.3C2H6/c1-20(17-11-5-2-6-12-17,18-13-7-3-8-14-18)19-15-9-4-10-16-19;3*1-2/h2-16H,1H2;3*1-2H3. The Kier molecular flexibility index (Phi) is 13.1. The number of hydrogen-bond donors (Lipinski definition) is 0. The first-order chi connectivity index (χ1) is 12.8. The normalized spacial score (nSPS) is 9.31. The Morgan fingerprint density at radius 2 is 0.615 bits per heavy atom. The van der Waals surface area contributed by atoms with Gasteiger partial charge < -0.3 is 0 Å². The summed E-state index contributed by atoms with van der Waals surface area (Å²) in [7, 11) is 0. The summed E-state index contributed by atoms with van der Waals surface area (Å²) < 4.78 is 0. The van der Waals surface area contributed by atoms with E-state index in [4.69, 9.17) is 6.30 Å². The van der Waals surface area contributed by atoms with Gasteiger partial charge in [0, 0.05) is 0 Å². The van der Waals surface area contributed by atoms with E-state index < -0.39 is 6.89 Å². The second-order valence-electron chi connectivity index (χ2n) is 4.82. The molecule has 0 heterocycles. The van der Waals surface area contributed by atoms with Crippen LogP contribution in [0.4, 0.5) is 0 Å². The number of rotatable bonds is 3. The Hall–Kier alpha value is -2.04. The SMILES string of the molecule is C=P(c1ccccc1)(c1ccccc1)c1ccccc1.CC.CC.CC. The zero-order valence-corrected chi connectivity index (χ0v) is 18.2. The van der Waals surface area contributed by atoms with Gasteiger partial charge in [-0.25, -0.2) is 0 Å². The third-order valence-electron chi connectivity index (χ3n) is 3.59. The molecule has 0 saturated carbocycles. The van der Waals surface area contributed by atoms with Crippen molar-refractivity contribution in [2.75, 3.05) is 0 Å². The van der Waals surface area contributed by atoms with Gasteiger partial charge in [-0.1, -0.05) is 139 Å². The van der Waals surface area contributed by atoms with Crippen LogP contribution in [0.3, 0.4) is 0 Å². The topological polar surface area (TPSA) is 0 Å². The third kappa shape index (κ3) is 6.04. The zero-order valence-electron chi connectivity index (χ0n) is 17.3. The minimum absolute atomic E-state index is 1.32. The van der Waals surface area contributed by atoms with Gasteiger partial charge in [0.1, 0.15) is 0 Å². The number of benzene rings is 3. The summed E-state index contributed by atoms with van der Waals surface area (Å²) in [6.45, 7) is 10.2. The van der Waals surface area contributed by atoms with Crippen LogP contribution in [-0.4, -0.2) is 6.30 Å². The highest BCUT2D eigenvalue weighted by Crippen LogP contribution is 2.41. The van der Waals surface area contributed by atoms with E-state index in [0.717, 1.165) is 0 Å². The highest BCUT2D eigenvalue weighted by molar-refractivity contribution is 7.93. The lowest BCUT2D eigenvalue weighted by Gasteiger charge is -2.26. The van der Waals surface area contributed by atoms with Gasteiger partial charge in [-0.05, 0) is 22.8 Å². The molecule has 0 amide bonds. The summed E-state index contributed by atoms with van der Waals surface area (Å²) in [5.74, 6) is 0. The summed E-state index contributed by atoms with van der Waals surface area (Å²) in [6.07, 6.45) is 4.69. The molecule has 0 N–H and O–H groups in total. The Morgan fingerprint density at radius 1 is 0.423 bits per heavy atom. The summed E-state index contributed by atoms with van der Waals surface area (Å²) >= 11 is 0. The fourth-order valence-electron chi connectivity index (χ4n) is 2.49. The molecule has 1 heteroatoms. The molecule has 0 radical (unpaired) electrons. The van der Waals surface area contributed by atoms with Gasteiger partial charge in [-0.3, -0.25) is 0 Å². The van der Waals surface area contributed by atoms with E-state index in [1.165, 1.54) is 15.9 Å². The molecule has 0 aromatic heterocycles. The maximum absolute atomic E-state index is 4.69. The minimum atomic E-state index is -1.78. The van der Waals surface area contributed by atoms with E-state index in [-0.39, 0.29) is 0 Å². The summed E-state index contributed by atoms with van der Waals surface area (Å²) in [6, 6.07) is 31.9. The smallest absolute Gasteiger partial charge is 0.0166 e. The predicted octanol–water partition coefficient (Wildman–Crippen LogP) is 6.49. The van der Waals surface area contributed by atoms with Gasteiger partial charge in [0.15, 0.2) is 0 Å². The molecule has 3 aromatic carbocycles. The second kappa shape index (κ2) is 14.2. The van der Waals surface area contributed by atoms with Crippen LogP contribution in [0.15, 0.2) is 91.0 Å². The highest BCUT2D eigenvalue weighted by atomic mass is 31.2. The first-order valence-electron chi connectivity index (χ1n) is 9.72. The summed E-state index contributed by atoms with van der Waals surface area (Å²) in [5.41, 5.74) is 0. The summed E-state index contributed by atoms with van der Waals surface area (Å²) in [5, 5.41) is 3.95. The van der Waals surface area contributed by atoms with E-state index in [0.29, 0.717) is 0 Å². The quantitative estimate of drug-likeness (QED) is 0.465. The third-order valence-corrected chi connectivity index (χ3v) is 7.13. The molecule has 0 saturated heterocycles. The molecule has 0 fully saturated rings. The van der Waals surface area contributed by atoms with Crippen molar-refractivity contribution in [2.24, 2.45) is 0 Å². The van der Waals surface area contributed by atoms with E-state index in [1.807, 2.05) is 41.5 Å². The molecule has 0 nitrogen and oxygen atoms in total. The fraction of sp³-hybridized carbons (Fsp3) is 0.240. The molecule has 0 unspecified atom stereocenters. The molecule has 0 aliphatic rings. The molecule has 140 valence electrons. The lowest BCUT2D eigenvalue weighted by atomic mass is 10.4. The van der Waals surface area contributed by atoms with Gasteiger partial charge in [-0.15, -0.1) is 0 Å². The van der Waals surface area contributed by atoms with Crippen LogP contribution in [0.5, 0.6) is 0 Å². The Labute approximate surface area is 161 Å². The maximum atomic E-state index is 4.69. The highest BCUT2D eigenvalue weighted by Gasteiger charge is 2.21. The first kappa shape index (κ1) is 24.0. The Bertz CT molecular complexity index is 612. The molecule has 0 spiro atoms. The van der Waals surface area contributed by atoms with Gasteiger partial charge in [0.25, 0.3) is 0 Å². The lowest BCUT2D eigenvalue weighted by Crippen LogP contribution is -2.25. The van der Waals surface area contributed by atoms with Gasteiger partial charge >= 0.3 is 0 Å². The van der Waals surface area contributed by atoms with E-state index in [2.05, 4.69) is 91.0 Å². The first-order valence-corrected chi connectivity index (χ1v) is 11.7. The van der Waals surface area contributed by atoms with Crippen molar-refractivity contribution in [1.82, 2.24) is 0 Å². The van der Waals surface area contributed by atoms with Crippen LogP contribution in [0.1, 0.15) is 41.5 Å². The van der Waals surface area contributed by atoms with Crippen molar-refractivity contribution in [1.29, 1.82) is 0 Å². The van der Waals surface area contributed by atoms with E-state index in [1.54, 1.807) is 0 Å². The average molecular weight is 367 g/mol. The number of hydrogen-bond acceptors (Lipinski definition) is 0. The van der Waals surface area contributed by atoms with Crippen LogP contribution in [0, 0.1) is 0 Å². The molecule has 0 bridgehead atoms. The molecular formula is C25H35P. The van der Waals surface area contributed by atoms with Crippen LogP contribution >= 0.6 is 6.89 Å². The summed E-state index contributed by atoms with van der Waals surface area (Å²) in [4.78, 5) is 0. The Morgan fingerprint density at radius 3 is 0.808 bits per heavy atom. The monoisotopic (exact) mass is 366 g/mol. The van der Waals surface area contributed by atoms with Crippen molar-refractivity contribution in [3.05, 3.63) is 91.0 Å². The van der Waals surface area contributed by atoms with Crippen molar-refractivity contribution in [3.8, 4) is 0 Å². The largest absolute Gasteiger partial charge is 0.0887 e. The molecule has 3 rings (SSSR count). The fourth-order valence-corrected chi connectivity index (χ4v) is 5.43.